The standard InChI is InChI=1S/C13H22N4O2S/c1-9(18)5-8-16(2)12(19)10-11(14)15-13(20-10)17-6-3-4-7-17/h9,18H,3-8,14H2,1-2H3. The molecule has 1 aromatic rings. The third-order valence-corrected chi connectivity index (χ3v) is 4.56. The molecule has 1 fully saturated rings. The van der Waals surface area contributed by atoms with Crippen LogP contribution in [-0.4, -0.2) is 53.7 Å². The lowest BCUT2D eigenvalue weighted by Crippen LogP contribution is -2.29. The molecule has 1 aromatic heterocycles. The average Bonchev–Trinajstić information content (AvgIpc) is 3.03. The van der Waals surface area contributed by atoms with Gasteiger partial charge in [0.15, 0.2) is 5.13 Å². The first-order chi connectivity index (χ1) is 9.49. The number of amides is 1. The number of carbonyl (C=O) groups is 1. The number of hydrogen-bond acceptors (Lipinski definition) is 6. The molecule has 112 valence electrons. The lowest BCUT2D eigenvalue weighted by molar-refractivity contribution is 0.0774. The van der Waals surface area contributed by atoms with Gasteiger partial charge in [-0.1, -0.05) is 11.3 Å². The zero-order valence-electron chi connectivity index (χ0n) is 12.0. The maximum absolute atomic E-state index is 12.3. The van der Waals surface area contributed by atoms with Gasteiger partial charge in [0.25, 0.3) is 5.91 Å². The van der Waals surface area contributed by atoms with Crippen LogP contribution in [-0.2, 0) is 0 Å². The van der Waals surface area contributed by atoms with Gasteiger partial charge in [0.1, 0.15) is 10.7 Å². The zero-order chi connectivity index (χ0) is 14.7. The van der Waals surface area contributed by atoms with Crippen molar-refractivity contribution in [2.75, 3.05) is 37.3 Å². The quantitative estimate of drug-likeness (QED) is 0.852. The fraction of sp³-hybridized carbons (Fsp3) is 0.692. The Morgan fingerprint density at radius 3 is 2.80 bits per heavy atom. The molecule has 1 atom stereocenters. The van der Waals surface area contributed by atoms with E-state index in [1.165, 1.54) is 11.3 Å². The Morgan fingerprint density at radius 1 is 1.55 bits per heavy atom. The van der Waals surface area contributed by atoms with E-state index in [4.69, 9.17) is 5.73 Å². The number of rotatable bonds is 5. The van der Waals surface area contributed by atoms with Crippen molar-refractivity contribution in [2.24, 2.45) is 0 Å². The molecule has 1 amide bonds. The summed E-state index contributed by atoms with van der Waals surface area (Å²) in [5, 5.41) is 10.1. The van der Waals surface area contributed by atoms with Crippen molar-refractivity contribution in [2.45, 2.75) is 32.3 Å². The van der Waals surface area contributed by atoms with E-state index in [2.05, 4.69) is 9.88 Å². The van der Waals surface area contributed by atoms with Gasteiger partial charge in [0.2, 0.25) is 0 Å². The maximum atomic E-state index is 12.3. The van der Waals surface area contributed by atoms with Gasteiger partial charge in [-0.25, -0.2) is 4.98 Å². The van der Waals surface area contributed by atoms with Crippen molar-refractivity contribution in [3.8, 4) is 0 Å². The first-order valence-electron chi connectivity index (χ1n) is 6.94. The minimum atomic E-state index is -0.413. The van der Waals surface area contributed by atoms with Gasteiger partial charge in [0, 0.05) is 26.7 Å². The number of nitrogens with two attached hydrogens (primary N) is 1. The minimum Gasteiger partial charge on any atom is -0.393 e. The van der Waals surface area contributed by atoms with E-state index in [9.17, 15) is 9.90 Å². The number of aliphatic hydroxyl groups excluding tert-OH is 1. The van der Waals surface area contributed by atoms with Crippen LogP contribution in [0.1, 0.15) is 35.9 Å². The Labute approximate surface area is 123 Å². The molecule has 2 rings (SSSR count). The highest BCUT2D eigenvalue weighted by Gasteiger charge is 2.23. The summed E-state index contributed by atoms with van der Waals surface area (Å²) in [5.74, 6) is 0.192. The smallest absolute Gasteiger partial charge is 0.267 e. The van der Waals surface area contributed by atoms with Crippen LogP contribution in [0.5, 0.6) is 0 Å². The molecule has 0 bridgehead atoms. The van der Waals surface area contributed by atoms with E-state index in [0.29, 0.717) is 23.7 Å². The molecule has 1 aliphatic heterocycles. The van der Waals surface area contributed by atoms with Crippen molar-refractivity contribution < 1.29 is 9.90 Å². The number of aliphatic hydroxyl groups is 1. The molecule has 1 unspecified atom stereocenters. The van der Waals surface area contributed by atoms with Gasteiger partial charge < -0.3 is 20.6 Å². The van der Waals surface area contributed by atoms with Crippen LogP contribution in [0.25, 0.3) is 0 Å². The fourth-order valence-corrected chi connectivity index (χ4v) is 3.20. The van der Waals surface area contributed by atoms with E-state index in [0.717, 1.165) is 31.1 Å². The van der Waals surface area contributed by atoms with Crippen LogP contribution in [0.15, 0.2) is 0 Å². The Bertz CT molecular complexity index is 469. The highest BCUT2D eigenvalue weighted by atomic mass is 32.1. The van der Waals surface area contributed by atoms with Gasteiger partial charge in [-0.3, -0.25) is 4.79 Å². The van der Waals surface area contributed by atoms with Crippen molar-refractivity contribution in [3.63, 3.8) is 0 Å². The summed E-state index contributed by atoms with van der Waals surface area (Å²) >= 11 is 1.36. The summed E-state index contributed by atoms with van der Waals surface area (Å²) in [5.41, 5.74) is 5.88. The second-order valence-corrected chi connectivity index (χ2v) is 6.25. The number of nitrogen functional groups attached to an aromatic ring is 1. The van der Waals surface area contributed by atoms with E-state index in [1.54, 1.807) is 18.9 Å². The van der Waals surface area contributed by atoms with E-state index >= 15 is 0 Å². The Balaban J connectivity index is 2.05. The molecular weight excluding hydrogens is 276 g/mol. The molecule has 1 saturated heterocycles. The number of nitrogens with zero attached hydrogens (tertiary/aromatic N) is 3. The number of aromatic nitrogens is 1. The van der Waals surface area contributed by atoms with Crippen molar-refractivity contribution in [1.82, 2.24) is 9.88 Å². The van der Waals surface area contributed by atoms with Crippen molar-refractivity contribution in [3.05, 3.63) is 4.88 Å². The third kappa shape index (κ3) is 3.40. The molecular formula is C13H22N4O2S. The molecule has 6 nitrogen and oxygen atoms in total. The SMILES string of the molecule is CC(O)CCN(C)C(=O)c1sc(N2CCCC2)nc1N. The Morgan fingerprint density at radius 2 is 2.20 bits per heavy atom. The molecule has 7 heteroatoms. The molecule has 0 spiro atoms. The summed E-state index contributed by atoms with van der Waals surface area (Å²) in [7, 11) is 1.72. The van der Waals surface area contributed by atoms with Gasteiger partial charge >= 0.3 is 0 Å². The van der Waals surface area contributed by atoms with Crippen LogP contribution in [0.3, 0.4) is 0 Å². The lowest BCUT2D eigenvalue weighted by Gasteiger charge is -2.17. The average molecular weight is 298 g/mol. The second kappa shape index (κ2) is 6.41. The number of carbonyl (C=O) groups excluding carboxylic acids is 1. The number of hydrogen-bond donors (Lipinski definition) is 2. The molecule has 0 saturated carbocycles. The number of anilines is 2. The van der Waals surface area contributed by atoms with Crippen LogP contribution >= 0.6 is 11.3 Å². The van der Waals surface area contributed by atoms with E-state index in [-0.39, 0.29) is 5.91 Å². The highest BCUT2D eigenvalue weighted by molar-refractivity contribution is 7.18. The van der Waals surface area contributed by atoms with Crippen molar-refractivity contribution in [1.29, 1.82) is 0 Å². The first-order valence-corrected chi connectivity index (χ1v) is 7.75. The van der Waals surface area contributed by atoms with Crippen LogP contribution < -0.4 is 10.6 Å². The van der Waals surface area contributed by atoms with E-state index < -0.39 is 6.10 Å². The van der Waals surface area contributed by atoms with Crippen LogP contribution in [0, 0.1) is 0 Å². The summed E-state index contributed by atoms with van der Waals surface area (Å²) in [4.78, 5) is 20.9. The van der Waals surface area contributed by atoms with Crippen LogP contribution in [0.2, 0.25) is 0 Å². The molecule has 1 aliphatic rings. The summed E-state index contributed by atoms with van der Waals surface area (Å²) in [6.07, 6.45) is 2.47. The normalized spacial score (nSPS) is 16.4. The monoisotopic (exact) mass is 298 g/mol. The van der Waals surface area contributed by atoms with Crippen molar-refractivity contribution >= 4 is 28.2 Å². The van der Waals surface area contributed by atoms with Gasteiger partial charge in [-0.2, -0.15) is 0 Å². The second-order valence-electron chi connectivity index (χ2n) is 5.27. The predicted molar refractivity (Wildman–Crippen MR) is 81.2 cm³/mol. The Hall–Kier alpha value is -1.34. The highest BCUT2D eigenvalue weighted by Crippen LogP contribution is 2.31. The summed E-state index contributed by atoms with van der Waals surface area (Å²) in [6.45, 7) is 4.19. The molecule has 0 aliphatic carbocycles. The topological polar surface area (TPSA) is 82.7 Å². The first kappa shape index (κ1) is 15.1. The lowest BCUT2D eigenvalue weighted by atomic mass is 10.2. The Kier molecular flexibility index (Phi) is 4.82. The molecule has 20 heavy (non-hydrogen) atoms. The van der Waals surface area contributed by atoms with Crippen LogP contribution in [0.4, 0.5) is 10.9 Å². The molecule has 2 heterocycles. The maximum Gasteiger partial charge on any atom is 0.267 e. The number of thiazole rings is 1. The molecule has 0 aromatic carbocycles. The zero-order valence-corrected chi connectivity index (χ0v) is 12.8. The van der Waals surface area contributed by atoms with Gasteiger partial charge in [0.05, 0.1) is 6.10 Å². The minimum absolute atomic E-state index is 0.119. The molecule has 3 N–H and O–H groups in total. The van der Waals surface area contributed by atoms with Gasteiger partial charge in [-0.15, -0.1) is 0 Å². The van der Waals surface area contributed by atoms with Gasteiger partial charge in [-0.05, 0) is 26.2 Å². The van der Waals surface area contributed by atoms with E-state index in [1.807, 2.05) is 0 Å². The molecule has 0 radical (unpaired) electrons. The summed E-state index contributed by atoms with van der Waals surface area (Å²) < 4.78 is 0. The summed E-state index contributed by atoms with van der Waals surface area (Å²) in [6, 6.07) is 0. The predicted octanol–water partition coefficient (Wildman–Crippen LogP) is 1.17. The third-order valence-electron chi connectivity index (χ3n) is 3.44. The largest absolute Gasteiger partial charge is 0.393 e. The fourth-order valence-electron chi connectivity index (χ4n) is 2.17.